The second-order valence-electron chi connectivity index (χ2n) is 5.36. The molecule has 2 heterocycles. The molecule has 0 aromatic carbocycles. The van der Waals surface area contributed by atoms with Crippen LogP contribution in [0.15, 0.2) is 18.3 Å². The van der Waals surface area contributed by atoms with E-state index in [1.165, 1.54) is 12.8 Å². The van der Waals surface area contributed by atoms with Crippen molar-refractivity contribution in [3.63, 3.8) is 0 Å². The SMILES string of the molecule is CC(C)[C@@H](N)C(=O)Nc1ccc(N2CCCC2)nc1.Cl.Cl. The highest BCUT2D eigenvalue weighted by molar-refractivity contribution is 5.94. The van der Waals surface area contributed by atoms with Crippen molar-refractivity contribution in [3.05, 3.63) is 18.3 Å². The van der Waals surface area contributed by atoms with Gasteiger partial charge in [0.15, 0.2) is 0 Å². The molecule has 0 radical (unpaired) electrons. The van der Waals surface area contributed by atoms with Gasteiger partial charge in [0.05, 0.1) is 17.9 Å². The predicted octanol–water partition coefficient (Wildman–Crippen LogP) is 2.45. The van der Waals surface area contributed by atoms with Crippen LogP contribution in [-0.2, 0) is 4.79 Å². The van der Waals surface area contributed by atoms with E-state index in [2.05, 4.69) is 15.2 Å². The van der Waals surface area contributed by atoms with Gasteiger partial charge in [-0.1, -0.05) is 13.8 Å². The summed E-state index contributed by atoms with van der Waals surface area (Å²) in [4.78, 5) is 18.5. The predicted molar refractivity (Wildman–Crippen MR) is 91.6 cm³/mol. The molecule has 0 aliphatic carbocycles. The van der Waals surface area contributed by atoms with Crippen LogP contribution in [0.1, 0.15) is 26.7 Å². The molecule has 2 rings (SSSR count). The molecule has 1 aromatic rings. The second kappa shape index (κ2) is 9.07. The molecular weight excluding hydrogens is 311 g/mol. The number of aromatic nitrogens is 1. The maximum Gasteiger partial charge on any atom is 0.241 e. The van der Waals surface area contributed by atoms with Crippen molar-refractivity contribution < 1.29 is 4.79 Å². The minimum absolute atomic E-state index is 0. The molecule has 5 nitrogen and oxygen atoms in total. The maximum atomic E-state index is 11.8. The topological polar surface area (TPSA) is 71.2 Å². The Morgan fingerprint density at radius 2 is 1.90 bits per heavy atom. The Kier molecular flexibility index (Phi) is 8.63. The van der Waals surface area contributed by atoms with Gasteiger partial charge in [0.1, 0.15) is 5.82 Å². The van der Waals surface area contributed by atoms with E-state index >= 15 is 0 Å². The number of hydrogen-bond acceptors (Lipinski definition) is 4. The van der Waals surface area contributed by atoms with Gasteiger partial charge in [-0.3, -0.25) is 4.79 Å². The van der Waals surface area contributed by atoms with Crippen LogP contribution in [0, 0.1) is 5.92 Å². The standard InChI is InChI=1S/C14H22N4O.2ClH/c1-10(2)13(15)14(19)17-11-5-6-12(16-9-11)18-7-3-4-8-18;;/h5-6,9-10,13H,3-4,7-8,15H2,1-2H3,(H,17,19);2*1H/t13-;;/m1../s1. The molecule has 1 atom stereocenters. The van der Waals surface area contributed by atoms with E-state index in [4.69, 9.17) is 5.73 Å². The largest absolute Gasteiger partial charge is 0.357 e. The summed E-state index contributed by atoms with van der Waals surface area (Å²) in [5.41, 5.74) is 6.49. The quantitative estimate of drug-likeness (QED) is 0.887. The third-order valence-corrected chi connectivity index (χ3v) is 3.47. The molecular formula is C14H24Cl2N4O. The number of halogens is 2. The number of nitrogens with one attached hydrogen (secondary N) is 1. The minimum atomic E-state index is -0.488. The number of carbonyl (C=O) groups excluding carboxylic acids is 1. The van der Waals surface area contributed by atoms with Gasteiger partial charge in [-0.2, -0.15) is 0 Å². The third-order valence-electron chi connectivity index (χ3n) is 3.47. The fraction of sp³-hybridized carbons (Fsp3) is 0.571. The van der Waals surface area contributed by atoms with Crippen LogP contribution in [0.3, 0.4) is 0 Å². The number of rotatable bonds is 4. The van der Waals surface area contributed by atoms with Crippen LogP contribution < -0.4 is 16.0 Å². The zero-order valence-electron chi connectivity index (χ0n) is 12.4. The zero-order chi connectivity index (χ0) is 13.8. The van der Waals surface area contributed by atoms with Crippen molar-refractivity contribution in [2.24, 2.45) is 11.7 Å². The number of carbonyl (C=O) groups is 1. The molecule has 1 aliphatic heterocycles. The van der Waals surface area contributed by atoms with E-state index in [0.717, 1.165) is 18.9 Å². The third kappa shape index (κ3) is 5.34. The highest BCUT2D eigenvalue weighted by Gasteiger charge is 2.18. The summed E-state index contributed by atoms with van der Waals surface area (Å²) < 4.78 is 0. The van der Waals surface area contributed by atoms with Crippen molar-refractivity contribution >= 4 is 42.2 Å². The molecule has 0 spiro atoms. The fourth-order valence-electron chi connectivity index (χ4n) is 2.12. The van der Waals surface area contributed by atoms with E-state index in [1.807, 2.05) is 26.0 Å². The molecule has 21 heavy (non-hydrogen) atoms. The highest BCUT2D eigenvalue weighted by Crippen LogP contribution is 2.19. The van der Waals surface area contributed by atoms with Gasteiger partial charge in [0, 0.05) is 13.1 Å². The number of nitrogens with two attached hydrogens (primary N) is 1. The molecule has 1 aromatic heterocycles. The van der Waals surface area contributed by atoms with Crippen molar-refractivity contribution in [2.75, 3.05) is 23.3 Å². The fourth-order valence-corrected chi connectivity index (χ4v) is 2.12. The van der Waals surface area contributed by atoms with E-state index in [9.17, 15) is 4.79 Å². The number of hydrogen-bond donors (Lipinski definition) is 2. The average Bonchev–Trinajstić information content (AvgIpc) is 2.92. The first-order chi connectivity index (χ1) is 9.08. The van der Waals surface area contributed by atoms with E-state index in [0.29, 0.717) is 5.69 Å². The molecule has 0 saturated carbocycles. The van der Waals surface area contributed by atoms with Crippen molar-refractivity contribution in [2.45, 2.75) is 32.7 Å². The molecule has 1 saturated heterocycles. The Bertz CT molecular complexity index is 433. The summed E-state index contributed by atoms with van der Waals surface area (Å²) in [5, 5.41) is 2.80. The Morgan fingerprint density at radius 1 is 1.29 bits per heavy atom. The van der Waals surface area contributed by atoms with Gasteiger partial charge < -0.3 is 16.0 Å². The molecule has 0 unspecified atom stereocenters. The van der Waals surface area contributed by atoms with Crippen LogP contribution in [-0.4, -0.2) is 30.0 Å². The summed E-state index contributed by atoms with van der Waals surface area (Å²) >= 11 is 0. The summed E-state index contributed by atoms with van der Waals surface area (Å²) in [6.45, 7) is 5.99. The first-order valence-electron chi connectivity index (χ1n) is 6.85. The van der Waals surface area contributed by atoms with Crippen molar-refractivity contribution in [1.29, 1.82) is 0 Å². The Morgan fingerprint density at radius 3 is 2.38 bits per heavy atom. The van der Waals surface area contributed by atoms with Crippen LogP contribution in [0.2, 0.25) is 0 Å². The van der Waals surface area contributed by atoms with Gasteiger partial charge in [-0.25, -0.2) is 4.98 Å². The first-order valence-corrected chi connectivity index (χ1v) is 6.85. The Hall–Kier alpha value is -1.04. The van der Waals surface area contributed by atoms with Crippen LogP contribution >= 0.6 is 24.8 Å². The van der Waals surface area contributed by atoms with Gasteiger partial charge in [-0.05, 0) is 30.9 Å². The summed E-state index contributed by atoms with van der Waals surface area (Å²) in [7, 11) is 0. The Labute approximate surface area is 138 Å². The summed E-state index contributed by atoms with van der Waals surface area (Å²) in [6.07, 6.45) is 4.14. The molecule has 3 N–H and O–H groups in total. The maximum absolute atomic E-state index is 11.8. The van der Waals surface area contributed by atoms with Crippen molar-refractivity contribution in [3.8, 4) is 0 Å². The molecule has 0 bridgehead atoms. The zero-order valence-corrected chi connectivity index (χ0v) is 14.0. The average molecular weight is 335 g/mol. The molecule has 1 fully saturated rings. The normalized spacial score (nSPS) is 15.1. The lowest BCUT2D eigenvalue weighted by atomic mass is 10.1. The van der Waals surface area contributed by atoms with Crippen LogP contribution in [0.4, 0.5) is 11.5 Å². The molecule has 120 valence electrons. The van der Waals surface area contributed by atoms with E-state index in [1.54, 1.807) is 6.20 Å². The number of anilines is 2. The second-order valence-corrected chi connectivity index (χ2v) is 5.36. The molecule has 1 aliphatic rings. The summed E-state index contributed by atoms with van der Waals surface area (Å²) in [5.74, 6) is 0.936. The van der Waals surface area contributed by atoms with E-state index in [-0.39, 0.29) is 36.6 Å². The lowest BCUT2D eigenvalue weighted by Crippen LogP contribution is -2.39. The number of nitrogens with zero attached hydrogens (tertiary/aromatic N) is 2. The summed E-state index contributed by atoms with van der Waals surface area (Å²) in [6, 6.07) is 3.34. The Balaban J connectivity index is 0.00000200. The van der Waals surface area contributed by atoms with Gasteiger partial charge in [0.25, 0.3) is 0 Å². The van der Waals surface area contributed by atoms with Gasteiger partial charge >= 0.3 is 0 Å². The lowest BCUT2D eigenvalue weighted by Gasteiger charge is -2.17. The van der Waals surface area contributed by atoms with Crippen molar-refractivity contribution in [1.82, 2.24) is 4.98 Å². The molecule has 1 amide bonds. The lowest BCUT2D eigenvalue weighted by molar-refractivity contribution is -0.118. The van der Waals surface area contributed by atoms with Gasteiger partial charge in [-0.15, -0.1) is 24.8 Å². The monoisotopic (exact) mass is 334 g/mol. The van der Waals surface area contributed by atoms with Crippen LogP contribution in [0.5, 0.6) is 0 Å². The van der Waals surface area contributed by atoms with Gasteiger partial charge in [0.2, 0.25) is 5.91 Å². The highest BCUT2D eigenvalue weighted by atomic mass is 35.5. The molecule has 7 heteroatoms. The van der Waals surface area contributed by atoms with Crippen LogP contribution in [0.25, 0.3) is 0 Å². The number of amides is 1. The number of pyridine rings is 1. The van der Waals surface area contributed by atoms with E-state index < -0.39 is 6.04 Å². The first kappa shape index (κ1) is 20.0. The smallest absolute Gasteiger partial charge is 0.241 e. The minimum Gasteiger partial charge on any atom is -0.357 e.